The van der Waals surface area contributed by atoms with E-state index in [2.05, 4.69) is 25.7 Å². The van der Waals surface area contributed by atoms with Crippen LogP contribution in [0.25, 0.3) is 0 Å². The first-order chi connectivity index (χ1) is 6.03. The minimum Gasteiger partial charge on any atom is -0.413 e. The van der Waals surface area contributed by atoms with Crippen LogP contribution in [0.3, 0.4) is 0 Å². The Morgan fingerprint density at radius 3 is 2.38 bits per heavy atom. The highest BCUT2D eigenvalue weighted by molar-refractivity contribution is 6.69. The molecule has 74 valence electrons. The maximum atomic E-state index is 8.94. The molecule has 0 aliphatic heterocycles. The lowest BCUT2D eigenvalue weighted by Gasteiger charge is -2.32. The average Bonchev–Trinajstić information content (AvgIpc) is 2.02. The molecule has 1 aliphatic carbocycles. The lowest BCUT2D eigenvalue weighted by molar-refractivity contribution is 0.113. The number of hydrogen-bond donors (Lipinski definition) is 0. The predicted molar refractivity (Wildman–Crippen MR) is 55.8 cm³/mol. The van der Waals surface area contributed by atoms with Crippen LogP contribution in [0, 0.1) is 17.2 Å². The van der Waals surface area contributed by atoms with Gasteiger partial charge in [-0.25, -0.2) is 0 Å². The summed E-state index contributed by atoms with van der Waals surface area (Å²) in [4.78, 5) is 0. The monoisotopic (exact) mass is 197 g/mol. The smallest absolute Gasteiger partial charge is 0.184 e. The highest BCUT2D eigenvalue weighted by Crippen LogP contribution is 2.28. The molecule has 0 aromatic carbocycles. The Hall–Kier alpha value is -0.333. The van der Waals surface area contributed by atoms with E-state index in [-0.39, 0.29) is 12.0 Å². The predicted octanol–water partition coefficient (Wildman–Crippen LogP) is 2.92. The van der Waals surface area contributed by atoms with Crippen molar-refractivity contribution in [3.8, 4) is 6.07 Å². The molecule has 0 saturated heterocycles. The van der Waals surface area contributed by atoms with Crippen molar-refractivity contribution in [3.05, 3.63) is 0 Å². The molecular formula is C10H19NOSi. The van der Waals surface area contributed by atoms with Crippen LogP contribution in [0.4, 0.5) is 0 Å². The van der Waals surface area contributed by atoms with Crippen LogP contribution in [0.1, 0.15) is 25.7 Å². The molecule has 2 unspecified atom stereocenters. The number of hydrogen-bond acceptors (Lipinski definition) is 2. The lowest BCUT2D eigenvalue weighted by Crippen LogP contribution is -2.37. The first-order valence-electron chi connectivity index (χ1n) is 5.10. The van der Waals surface area contributed by atoms with Crippen molar-refractivity contribution >= 4 is 8.32 Å². The van der Waals surface area contributed by atoms with Crippen molar-refractivity contribution < 1.29 is 4.43 Å². The van der Waals surface area contributed by atoms with Crippen LogP contribution >= 0.6 is 0 Å². The zero-order valence-electron chi connectivity index (χ0n) is 8.84. The molecule has 1 saturated carbocycles. The second kappa shape index (κ2) is 4.25. The van der Waals surface area contributed by atoms with E-state index in [1.807, 2.05) is 0 Å². The van der Waals surface area contributed by atoms with Gasteiger partial charge in [0.1, 0.15) is 0 Å². The third kappa shape index (κ3) is 3.49. The standard InChI is InChI=1S/C10H19NOSi/c1-13(2,3)12-10-7-5-4-6-9(10)8-11/h9-10H,4-7H2,1-3H3. The van der Waals surface area contributed by atoms with E-state index in [0.29, 0.717) is 0 Å². The van der Waals surface area contributed by atoms with E-state index >= 15 is 0 Å². The van der Waals surface area contributed by atoms with E-state index in [1.165, 1.54) is 12.8 Å². The first kappa shape index (κ1) is 10.7. The topological polar surface area (TPSA) is 33.0 Å². The van der Waals surface area contributed by atoms with E-state index in [4.69, 9.17) is 9.69 Å². The van der Waals surface area contributed by atoms with E-state index in [9.17, 15) is 0 Å². The summed E-state index contributed by atoms with van der Waals surface area (Å²) in [5.41, 5.74) is 0. The van der Waals surface area contributed by atoms with E-state index in [1.54, 1.807) is 0 Å². The average molecular weight is 197 g/mol. The van der Waals surface area contributed by atoms with Gasteiger partial charge in [0.25, 0.3) is 0 Å². The van der Waals surface area contributed by atoms with Crippen LogP contribution in [-0.4, -0.2) is 14.4 Å². The molecule has 1 aliphatic rings. The Morgan fingerprint density at radius 1 is 1.23 bits per heavy atom. The van der Waals surface area contributed by atoms with Crippen molar-refractivity contribution in [2.75, 3.05) is 0 Å². The zero-order chi connectivity index (χ0) is 9.90. The van der Waals surface area contributed by atoms with Crippen LogP contribution in [0.2, 0.25) is 19.6 Å². The van der Waals surface area contributed by atoms with Crippen molar-refractivity contribution in [3.63, 3.8) is 0 Å². The van der Waals surface area contributed by atoms with Gasteiger partial charge in [0.15, 0.2) is 8.32 Å². The highest BCUT2D eigenvalue weighted by Gasteiger charge is 2.29. The van der Waals surface area contributed by atoms with Crippen LogP contribution in [0.15, 0.2) is 0 Å². The summed E-state index contributed by atoms with van der Waals surface area (Å²) in [6.45, 7) is 6.57. The molecule has 2 atom stereocenters. The quantitative estimate of drug-likeness (QED) is 0.638. The number of nitrogens with zero attached hydrogens (tertiary/aromatic N) is 1. The Bertz CT molecular complexity index is 204. The van der Waals surface area contributed by atoms with Crippen molar-refractivity contribution in [2.24, 2.45) is 5.92 Å². The largest absolute Gasteiger partial charge is 0.413 e. The Kier molecular flexibility index (Phi) is 3.52. The molecule has 0 spiro atoms. The molecule has 1 fully saturated rings. The summed E-state index contributed by atoms with van der Waals surface area (Å²) in [7, 11) is -1.45. The Morgan fingerprint density at radius 2 is 1.85 bits per heavy atom. The Balaban J connectivity index is 2.51. The van der Waals surface area contributed by atoms with Gasteiger partial charge in [0, 0.05) is 0 Å². The molecule has 0 bridgehead atoms. The second-order valence-corrected chi connectivity index (χ2v) is 9.25. The molecule has 0 aromatic heterocycles. The van der Waals surface area contributed by atoms with Gasteiger partial charge in [-0.3, -0.25) is 0 Å². The minimum atomic E-state index is -1.45. The maximum absolute atomic E-state index is 8.94. The van der Waals surface area contributed by atoms with Gasteiger partial charge in [-0.05, 0) is 32.5 Å². The van der Waals surface area contributed by atoms with Gasteiger partial charge in [-0.1, -0.05) is 12.8 Å². The number of rotatable bonds is 2. The summed E-state index contributed by atoms with van der Waals surface area (Å²) in [6.07, 6.45) is 4.77. The van der Waals surface area contributed by atoms with Gasteiger partial charge >= 0.3 is 0 Å². The fourth-order valence-corrected chi connectivity index (χ4v) is 3.03. The maximum Gasteiger partial charge on any atom is 0.184 e. The fourth-order valence-electron chi connectivity index (χ4n) is 1.84. The van der Waals surface area contributed by atoms with Crippen molar-refractivity contribution in [1.82, 2.24) is 0 Å². The van der Waals surface area contributed by atoms with Crippen LogP contribution < -0.4 is 0 Å². The molecule has 13 heavy (non-hydrogen) atoms. The summed E-state index contributed by atoms with van der Waals surface area (Å²) in [6, 6.07) is 2.37. The molecule has 0 radical (unpaired) electrons. The van der Waals surface area contributed by atoms with Gasteiger partial charge in [0.05, 0.1) is 18.1 Å². The molecule has 3 heteroatoms. The summed E-state index contributed by atoms with van der Waals surface area (Å²) < 4.78 is 6.00. The Labute approximate surface area is 82.0 Å². The zero-order valence-corrected chi connectivity index (χ0v) is 9.84. The fraction of sp³-hybridized carbons (Fsp3) is 0.900. The third-order valence-corrected chi connectivity index (χ3v) is 3.38. The summed E-state index contributed by atoms with van der Waals surface area (Å²) >= 11 is 0. The SMILES string of the molecule is C[Si](C)(C)OC1CCCCC1C#N. The van der Waals surface area contributed by atoms with Crippen molar-refractivity contribution in [1.29, 1.82) is 5.26 Å². The minimum absolute atomic E-state index is 0.153. The van der Waals surface area contributed by atoms with Gasteiger partial charge in [0.2, 0.25) is 0 Å². The van der Waals surface area contributed by atoms with Crippen LogP contribution in [0.5, 0.6) is 0 Å². The number of nitriles is 1. The van der Waals surface area contributed by atoms with Gasteiger partial charge in [-0.2, -0.15) is 5.26 Å². The van der Waals surface area contributed by atoms with Gasteiger partial charge in [-0.15, -0.1) is 0 Å². The molecule has 0 aromatic rings. The first-order valence-corrected chi connectivity index (χ1v) is 8.51. The molecular weight excluding hydrogens is 178 g/mol. The van der Waals surface area contributed by atoms with E-state index in [0.717, 1.165) is 12.8 Å². The molecule has 2 nitrogen and oxygen atoms in total. The second-order valence-electron chi connectivity index (χ2n) is 4.79. The van der Waals surface area contributed by atoms with Crippen molar-refractivity contribution in [2.45, 2.75) is 51.4 Å². The highest BCUT2D eigenvalue weighted by atomic mass is 28.4. The summed E-state index contributed by atoms with van der Waals surface area (Å²) in [5, 5.41) is 8.94. The lowest BCUT2D eigenvalue weighted by atomic mass is 9.88. The van der Waals surface area contributed by atoms with Gasteiger partial charge < -0.3 is 4.43 Å². The molecule has 1 rings (SSSR count). The molecule has 0 amide bonds. The van der Waals surface area contributed by atoms with E-state index < -0.39 is 8.32 Å². The molecule has 0 heterocycles. The normalized spacial score (nSPS) is 29.7. The molecule has 0 N–H and O–H groups in total. The summed E-state index contributed by atoms with van der Waals surface area (Å²) in [5.74, 6) is 0.153. The van der Waals surface area contributed by atoms with Crippen LogP contribution in [-0.2, 0) is 4.43 Å². The third-order valence-electron chi connectivity index (χ3n) is 2.37.